The molecule has 0 saturated heterocycles. The molecule has 0 aromatic carbocycles. The summed E-state index contributed by atoms with van der Waals surface area (Å²) in [5.74, 6) is 0.870. The lowest BCUT2D eigenvalue weighted by Crippen LogP contribution is -2.05. The van der Waals surface area contributed by atoms with E-state index in [2.05, 4.69) is 41.3 Å². The van der Waals surface area contributed by atoms with E-state index in [1.54, 1.807) is 12.5 Å². The van der Waals surface area contributed by atoms with Crippen molar-refractivity contribution in [3.05, 3.63) is 58.9 Å². The normalized spacial score (nSPS) is 12.3. The average molecular weight is 298 g/mol. The first-order valence-electron chi connectivity index (χ1n) is 7.06. The minimum atomic E-state index is 0.288. The Morgan fingerprint density at radius 2 is 2.19 bits per heavy atom. The van der Waals surface area contributed by atoms with Crippen LogP contribution >= 0.6 is 11.3 Å². The zero-order valence-corrected chi connectivity index (χ0v) is 13.0. The Labute approximate surface area is 128 Å². The van der Waals surface area contributed by atoms with Crippen LogP contribution in [0.3, 0.4) is 0 Å². The lowest BCUT2D eigenvalue weighted by atomic mass is 10.2. The van der Waals surface area contributed by atoms with Crippen LogP contribution in [0.5, 0.6) is 0 Å². The Morgan fingerprint density at radius 3 is 2.81 bits per heavy atom. The number of imidazole rings is 1. The summed E-state index contributed by atoms with van der Waals surface area (Å²) in [5, 5.41) is 3.49. The highest BCUT2D eigenvalue weighted by Gasteiger charge is 2.08. The number of pyridine rings is 1. The number of rotatable bonds is 5. The molecule has 0 aliphatic carbocycles. The van der Waals surface area contributed by atoms with Crippen LogP contribution in [0, 0.1) is 0 Å². The van der Waals surface area contributed by atoms with Gasteiger partial charge in [-0.25, -0.2) is 9.97 Å². The molecule has 0 aliphatic rings. The number of thiophene rings is 1. The Balaban J connectivity index is 1.70. The molecule has 3 aromatic heterocycles. The van der Waals surface area contributed by atoms with Crippen molar-refractivity contribution in [2.45, 2.75) is 26.3 Å². The first kappa shape index (κ1) is 13.8. The Bertz CT molecular complexity index is 685. The topological polar surface area (TPSA) is 42.7 Å². The van der Waals surface area contributed by atoms with Crippen LogP contribution < -0.4 is 5.32 Å². The number of hydrogen-bond donors (Lipinski definition) is 1. The molecule has 3 aromatic rings. The molecule has 108 valence electrons. The number of hydrogen-bond acceptors (Lipinski definition) is 4. The van der Waals surface area contributed by atoms with Crippen molar-refractivity contribution < 1.29 is 0 Å². The SMILES string of the molecule is CCc1ccc(C(C)Nc2ccc(-n3ccnc3)nc2)s1. The summed E-state index contributed by atoms with van der Waals surface area (Å²) in [6, 6.07) is 8.74. The fourth-order valence-corrected chi connectivity index (χ4v) is 3.11. The van der Waals surface area contributed by atoms with Crippen molar-refractivity contribution in [1.29, 1.82) is 0 Å². The van der Waals surface area contributed by atoms with Gasteiger partial charge in [-0.1, -0.05) is 6.92 Å². The van der Waals surface area contributed by atoms with Crippen LogP contribution in [0.25, 0.3) is 5.82 Å². The van der Waals surface area contributed by atoms with Gasteiger partial charge >= 0.3 is 0 Å². The largest absolute Gasteiger partial charge is 0.376 e. The fourth-order valence-electron chi connectivity index (χ4n) is 2.16. The third-order valence-corrected chi connectivity index (χ3v) is 4.77. The molecule has 0 spiro atoms. The van der Waals surface area contributed by atoms with Gasteiger partial charge in [0.1, 0.15) is 12.1 Å². The molecule has 0 amide bonds. The molecule has 4 nitrogen and oxygen atoms in total. The lowest BCUT2D eigenvalue weighted by molar-refractivity contribution is 0.903. The molecule has 3 heterocycles. The minimum Gasteiger partial charge on any atom is -0.376 e. The zero-order chi connectivity index (χ0) is 14.7. The van der Waals surface area contributed by atoms with E-state index in [0.29, 0.717) is 0 Å². The molecular weight excluding hydrogens is 280 g/mol. The fraction of sp³-hybridized carbons (Fsp3) is 0.250. The Morgan fingerprint density at radius 1 is 1.29 bits per heavy atom. The van der Waals surface area contributed by atoms with Crippen molar-refractivity contribution in [1.82, 2.24) is 14.5 Å². The standard InChI is InChI=1S/C16H18N4S/c1-3-14-5-6-15(21-14)12(2)19-13-4-7-16(18-10-13)20-9-8-17-11-20/h4-12,19H,3H2,1-2H3. The number of nitrogens with zero attached hydrogens (tertiary/aromatic N) is 3. The van der Waals surface area contributed by atoms with Crippen molar-refractivity contribution >= 4 is 17.0 Å². The van der Waals surface area contributed by atoms with Crippen LogP contribution in [0.4, 0.5) is 5.69 Å². The molecule has 21 heavy (non-hydrogen) atoms. The number of nitrogens with one attached hydrogen (secondary N) is 1. The van der Waals surface area contributed by atoms with Crippen molar-refractivity contribution in [3.63, 3.8) is 0 Å². The summed E-state index contributed by atoms with van der Waals surface area (Å²) in [5.41, 5.74) is 1.03. The molecule has 0 radical (unpaired) electrons. The molecular formula is C16H18N4S. The van der Waals surface area contributed by atoms with Gasteiger partial charge in [-0.15, -0.1) is 11.3 Å². The first-order valence-corrected chi connectivity index (χ1v) is 7.87. The highest BCUT2D eigenvalue weighted by molar-refractivity contribution is 7.12. The highest BCUT2D eigenvalue weighted by atomic mass is 32.1. The van der Waals surface area contributed by atoms with E-state index in [4.69, 9.17) is 0 Å². The van der Waals surface area contributed by atoms with Gasteiger partial charge in [0.25, 0.3) is 0 Å². The van der Waals surface area contributed by atoms with Gasteiger partial charge in [0.2, 0.25) is 0 Å². The van der Waals surface area contributed by atoms with Crippen LogP contribution in [0.1, 0.15) is 29.6 Å². The molecule has 1 N–H and O–H groups in total. The molecule has 1 atom stereocenters. The van der Waals surface area contributed by atoms with Crippen LogP contribution in [-0.4, -0.2) is 14.5 Å². The quantitative estimate of drug-likeness (QED) is 0.772. The van der Waals surface area contributed by atoms with Crippen molar-refractivity contribution in [3.8, 4) is 5.82 Å². The maximum atomic E-state index is 4.45. The van der Waals surface area contributed by atoms with Crippen LogP contribution in [0.2, 0.25) is 0 Å². The van der Waals surface area contributed by atoms with Gasteiger partial charge in [-0.05, 0) is 37.6 Å². The van der Waals surface area contributed by atoms with Crippen LogP contribution in [-0.2, 0) is 6.42 Å². The van der Waals surface area contributed by atoms with E-state index in [1.807, 2.05) is 40.4 Å². The Kier molecular flexibility index (Phi) is 4.01. The summed E-state index contributed by atoms with van der Waals surface area (Å²) >= 11 is 1.87. The maximum absolute atomic E-state index is 4.45. The number of aromatic nitrogens is 3. The molecule has 0 bridgehead atoms. The van der Waals surface area contributed by atoms with Gasteiger partial charge in [-0.2, -0.15) is 0 Å². The molecule has 0 fully saturated rings. The highest BCUT2D eigenvalue weighted by Crippen LogP contribution is 2.26. The molecule has 3 rings (SSSR count). The zero-order valence-electron chi connectivity index (χ0n) is 12.2. The number of anilines is 1. The second kappa shape index (κ2) is 6.10. The van der Waals surface area contributed by atoms with Gasteiger partial charge < -0.3 is 5.32 Å². The third kappa shape index (κ3) is 3.13. The van der Waals surface area contributed by atoms with E-state index in [9.17, 15) is 0 Å². The summed E-state index contributed by atoms with van der Waals surface area (Å²) < 4.78 is 1.89. The second-order valence-electron chi connectivity index (χ2n) is 4.90. The molecule has 0 aliphatic heterocycles. The summed E-state index contributed by atoms with van der Waals surface area (Å²) in [4.78, 5) is 11.3. The van der Waals surface area contributed by atoms with Gasteiger partial charge in [0, 0.05) is 22.1 Å². The van der Waals surface area contributed by atoms with Gasteiger partial charge in [-0.3, -0.25) is 4.57 Å². The maximum Gasteiger partial charge on any atom is 0.137 e. The van der Waals surface area contributed by atoms with Crippen molar-refractivity contribution in [2.24, 2.45) is 0 Å². The third-order valence-electron chi connectivity index (χ3n) is 3.36. The summed E-state index contributed by atoms with van der Waals surface area (Å²) in [6.45, 7) is 4.36. The molecule has 0 saturated carbocycles. The first-order chi connectivity index (χ1) is 10.3. The second-order valence-corrected chi connectivity index (χ2v) is 6.10. The summed E-state index contributed by atoms with van der Waals surface area (Å²) in [7, 11) is 0. The van der Waals surface area contributed by atoms with E-state index in [-0.39, 0.29) is 6.04 Å². The van der Waals surface area contributed by atoms with E-state index < -0.39 is 0 Å². The predicted molar refractivity (Wildman–Crippen MR) is 87.1 cm³/mol. The lowest BCUT2D eigenvalue weighted by Gasteiger charge is -2.13. The molecule has 5 heteroatoms. The number of aryl methyl sites for hydroxylation is 1. The minimum absolute atomic E-state index is 0.288. The van der Waals surface area contributed by atoms with E-state index in [0.717, 1.165) is 17.9 Å². The summed E-state index contributed by atoms with van der Waals surface area (Å²) in [6.07, 6.45) is 8.34. The molecule has 1 unspecified atom stereocenters. The van der Waals surface area contributed by atoms with Crippen molar-refractivity contribution in [2.75, 3.05) is 5.32 Å². The average Bonchev–Trinajstić information content (AvgIpc) is 3.19. The van der Waals surface area contributed by atoms with Gasteiger partial charge in [0.05, 0.1) is 17.9 Å². The van der Waals surface area contributed by atoms with E-state index in [1.165, 1.54) is 9.75 Å². The van der Waals surface area contributed by atoms with Gasteiger partial charge in [0.15, 0.2) is 0 Å². The predicted octanol–water partition coefficient (Wildman–Crippen LogP) is 4.06. The smallest absolute Gasteiger partial charge is 0.137 e. The Hall–Kier alpha value is -2.14. The van der Waals surface area contributed by atoms with E-state index >= 15 is 0 Å². The monoisotopic (exact) mass is 298 g/mol. The van der Waals surface area contributed by atoms with Crippen LogP contribution in [0.15, 0.2) is 49.2 Å².